The summed E-state index contributed by atoms with van der Waals surface area (Å²) in [5.41, 5.74) is 1.02. The van der Waals surface area contributed by atoms with Crippen molar-refractivity contribution in [1.82, 2.24) is 20.8 Å². The molecule has 2 aliphatic rings. The first-order valence-electron chi connectivity index (χ1n) is 6.80. The van der Waals surface area contributed by atoms with Crippen molar-refractivity contribution in [3.05, 3.63) is 18.0 Å². The Morgan fingerprint density at radius 3 is 2.83 bits per heavy atom. The van der Waals surface area contributed by atoms with Crippen LogP contribution in [0.5, 0.6) is 0 Å². The van der Waals surface area contributed by atoms with E-state index in [0.717, 1.165) is 18.4 Å². The minimum Gasteiger partial charge on any atom is -0.352 e. The lowest BCUT2D eigenvalue weighted by Crippen LogP contribution is -2.39. The number of H-pyrrole nitrogens is 1. The topological polar surface area (TPSA) is 69.8 Å². The second-order valence-corrected chi connectivity index (χ2v) is 5.56. The van der Waals surface area contributed by atoms with Crippen molar-refractivity contribution >= 4 is 5.91 Å². The predicted octanol–water partition coefficient (Wildman–Crippen LogP) is 0.947. The molecule has 1 amide bonds. The molecule has 3 heterocycles. The largest absolute Gasteiger partial charge is 0.352 e. The third-order valence-electron chi connectivity index (χ3n) is 4.09. The molecular formula is C13H20N4O. The van der Waals surface area contributed by atoms with Crippen molar-refractivity contribution in [2.24, 2.45) is 5.92 Å². The number of nitrogens with zero attached hydrogens (tertiary/aromatic N) is 1. The summed E-state index contributed by atoms with van der Waals surface area (Å²) in [6.07, 6.45) is 9.13. The molecule has 5 heteroatoms. The fourth-order valence-corrected chi connectivity index (χ4v) is 3.25. The van der Waals surface area contributed by atoms with Gasteiger partial charge in [0.15, 0.2) is 0 Å². The minimum atomic E-state index is 0.169. The molecule has 2 atom stereocenters. The number of fused-ring (bicyclic) bond motifs is 2. The smallest absolute Gasteiger partial charge is 0.220 e. The van der Waals surface area contributed by atoms with Crippen molar-refractivity contribution in [2.45, 2.75) is 50.7 Å². The van der Waals surface area contributed by atoms with Gasteiger partial charge in [0.05, 0.1) is 6.20 Å². The highest BCUT2D eigenvalue weighted by Gasteiger charge is 2.33. The molecule has 1 aromatic rings. The zero-order valence-electron chi connectivity index (χ0n) is 10.5. The Bertz CT molecular complexity index is 391. The van der Waals surface area contributed by atoms with E-state index < -0.39 is 0 Å². The number of nitrogens with one attached hydrogen (secondary N) is 3. The fourth-order valence-electron chi connectivity index (χ4n) is 3.25. The molecule has 3 rings (SSSR count). The Morgan fingerprint density at radius 1 is 1.39 bits per heavy atom. The molecule has 2 unspecified atom stereocenters. The molecule has 3 N–H and O–H groups in total. The van der Waals surface area contributed by atoms with Gasteiger partial charge in [-0.2, -0.15) is 5.10 Å². The third kappa shape index (κ3) is 2.72. The summed E-state index contributed by atoms with van der Waals surface area (Å²) in [5.74, 6) is 0.732. The van der Waals surface area contributed by atoms with Crippen LogP contribution in [0.15, 0.2) is 12.4 Å². The van der Waals surface area contributed by atoms with E-state index in [4.69, 9.17) is 0 Å². The zero-order valence-corrected chi connectivity index (χ0v) is 10.5. The molecule has 0 aliphatic carbocycles. The third-order valence-corrected chi connectivity index (χ3v) is 4.09. The highest BCUT2D eigenvalue weighted by atomic mass is 16.1. The Kier molecular flexibility index (Phi) is 3.32. The molecule has 18 heavy (non-hydrogen) atoms. The van der Waals surface area contributed by atoms with Crippen LogP contribution in [0.3, 0.4) is 0 Å². The lowest BCUT2D eigenvalue weighted by molar-refractivity contribution is -0.122. The van der Waals surface area contributed by atoms with E-state index in [1.165, 1.54) is 12.8 Å². The van der Waals surface area contributed by atoms with E-state index in [-0.39, 0.29) is 5.91 Å². The van der Waals surface area contributed by atoms with Gasteiger partial charge in [-0.3, -0.25) is 9.89 Å². The Hall–Kier alpha value is -1.36. The Labute approximate surface area is 107 Å². The van der Waals surface area contributed by atoms with E-state index in [2.05, 4.69) is 20.8 Å². The number of aromatic amines is 1. The number of carbonyl (C=O) groups is 1. The number of rotatable bonds is 4. The summed E-state index contributed by atoms with van der Waals surface area (Å²) in [6.45, 7) is 0.577. The maximum Gasteiger partial charge on any atom is 0.220 e. The Balaban J connectivity index is 1.43. The summed E-state index contributed by atoms with van der Waals surface area (Å²) in [7, 11) is 0. The maximum atomic E-state index is 11.9. The monoisotopic (exact) mass is 248 g/mol. The molecule has 98 valence electrons. The molecular weight excluding hydrogens is 228 g/mol. The van der Waals surface area contributed by atoms with Gasteiger partial charge in [-0.05, 0) is 31.6 Å². The first-order valence-corrected chi connectivity index (χ1v) is 6.80. The summed E-state index contributed by atoms with van der Waals surface area (Å²) in [4.78, 5) is 11.9. The molecule has 1 aromatic heterocycles. The van der Waals surface area contributed by atoms with Crippen LogP contribution in [0.1, 0.15) is 37.7 Å². The van der Waals surface area contributed by atoms with Gasteiger partial charge < -0.3 is 10.6 Å². The summed E-state index contributed by atoms with van der Waals surface area (Å²) in [5, 5.41) is 13.2. The van der Waals surface area contributed by atoms with Gasteiger partial charge in [0, 0.05) is 36.8 Å². The van der Waals surface area contributed by atoms with Gasteiger partial charge in [0.2, 0.25) is 5.91 Å². The van der Waals surface area contributed by atoms with Gasteiger partial charge in [-0.1, -0.05) is 0 Å². The number of hydrogen-bond acceptors (Lipinski definition) is 3. The van der Waals surface area contributed by atoms with Crippen molar-refractivity contribution in [3.63, 3.8) is 0 Å². The summed E-state index contributed by atoms with van der Waals surface area (Å²) in [6, 6.07) is 1.32. The number of carbonyl (C=O) groups excluding carboxylic acids is 1. The molecule has 0 saturated carbocycles. The van der Waals surface area contributed by atoms with Crippen LogP contribution in [-0.2, 0) is 11.3 Å². The summed E-state index contributed by atoms with van der Waals surface area (Å²) >= 11 is 0. The molecule has 5 nitrogen and oxygen atoms in total. The number of aromatic nitrogens is 2. The number of hydrogen-bond donors (Lipinski definition) is 3. The first-order chi connectivity index (χ1) is 8.79. The number of amides is 1. The van der Waals surface area contributed by atoms with E-state index in [1.54, 1.807) is 6.20 Å². The predicted molar refractivity (Wildman–Crippen MR) is 67.7 cm³/mol. The molecule has 0 aromatic carbocycles. The molecule has 2 aliphatic heterocycles. The second-order valence-electron chi connectivity index (χ2n) is 5.56. The van der Waals surface area contributed by atoms with Gasteiger partial charge in [0.25, 0.3) is 0 Å². The van der Waals surface area contributed by atoms with E-state index >= 15 is 0 Å². The molecule has 2 saturated heterocycles. The zero-order chi connectivity index (χ0) is 12.4. The highest BCUT2D eigenvalue weighted by molar-refractivity contribution is 5.76. The normalized spacial score (nSPS) is 30.3. The Morgan fingerprint density at radius 2 is 2.17 bits per heavy atom. The van der Waals surface area contributed by atoms with Gasteiger partial charge in [-0.25, -0.2) is 0 Å². The standard InChI is InChI=1S/C13H20N4O/c18-13(14-6-10-7-15-16-8-10)5-9-3-11-1-2-12(4-9)17-11/h7-9,11-12,17H,1-6H2,(H,14,18)(H,15,16). The van der Waals surface area contributed by atoms with Crippen molar-refractivity contribution in [1.29, 1.82) is 0 Å². The van der Waals surface area contributed by atoms with E-state index in [9.17, 15) is 4.79 Å². The average molecular weight is 248 g/mol. The molecule has 0 radical (unpaired) electrons. The van der Waals surface area contributed by atoms with Crippen LogP contribution >= 0.6 is 0 Å². The summed E-state index contributed by atoms with van der Waals surface area (Å²) < 4.78 is 0. The van der Waals surface area contributed by atoms with Gasteiger partial charge in [0.1, 0.15) is 0 Å². The molecule has 2 bridgehead atoms. The number of piperidine rings is 1. The van der Waals surface area contributed by atoms with Crippen LogP contribution in [0.25, 0.3) is 0 Å². The maximum absolute atomic E-state index is 11.9. The van der Waals surface area contributed by atoms with Crippen molar-refractivity contribution < 1.29 is 4.79 Å². The molecule has 0 spiro atoms. The lowest BCUT2D eigenvalue weighted by atomic mass is 9.89. The van der Waals surface area contributed by atoms with Crippen molar-refractivity contribution in [3.8, 4) is 0 Å². The van der Waals surface area contributed by atoms with E-state index in [0.29, 0.717) is 31.0 Å². The van der Waals surface area contributed by atoms with Crippen LogP contribution in [0, 0.1) is 5.92 Å². The SMILES string of the molecule is O=C(CC1CC2CCC(C1)N2)NCc1cn[nH]c1. The van der Waals surface area contributed by atoms with Gasteiger partial charge in [-0.15, -0.1) is 0 Å². The highest BCUT2D eigenvalue weighted by Crippen LogP contribution is 2.32. The minimum absolute atomic E-state index is 0.169. The van der Waals surface area contributed by atoms with E-state index in [1.807, 2.05) is 6.20 Å². The van der Waals surface area contributed by atoms with Crippen LogP contribution in [0.2, 0.25) is 0 Å². The second kappa shape index (κ2) is 5.10. The fraction of sp³-hybridized carbons (Fsp3) is 0.692. The first kappa shape index (κ1) is 11.7. The van der Waals surface area contributed by atoms with Crippen LogP contribution in [-0.4, -0.2) is 28.2 Å². The quantitative estimate of drug-likeness (QED) is 0.743. The lowest BCUT2D eigenvalue weighted by Gasteiger charge is -2.28. The van der Waals surface area contributed by atoms with Crippen LogP contribution < -0.4 is 10.6 Å². The molecule has 2 fully saturated rings. The van der Waals surface area contributed by atoms with Crippen molar-refractivity contribution in [2.75, 3.05) is 0 Å². The average Bonchev–Trinajstić information content (AvgIpc) is 2.97. The van der Waals surface area contributed by atoms with Crippen LogP contribution in [0.4, 0.5) is 0 Å². The van der Waals surface area contributed by atoms with Gasteiger partial charge >= 0.3 is 0 Å².